The lowest BCUT2D eigenvalue weighted by atomic mass is 10.3. The molecular formula is C11H12F2O3. The molecular weight excluding hydrogens is 218 g/mol. The predicted octanol–water partition coefficient (Wildman–Crippen LogP) is 2.30. The van der Waals surface area contributed by atoms with Crippen molar-refractivity contribution < 1.29 is 23.0 Å². The van der Waals surface area contributed by atoms with Gasteiger partial charge in [-0.2, -0.15) is 0 Å². The van der Waals surface area contributed by atoms with Crippen LogP contribution in [0, 0.1) is 11.6 Å². The molecule has 0 radical (unpaired) electrons. The maximum atomic E-state index is 12.8. The average Bonchev–Trinajstić information content (AvgIpc) is 2.24. The zero-order chi connectivity index (χ0) is 12.1. The zero-order valence-electron chi connectivity index (χ0n) is 9.00. The molecule has 3 nitrogen and oxygen atoms in total. The van der Waals surface area contributed by atoms with Crippen molar-refractivity contribution in [3.63, 3.8) is 0 Å². The Bertz CT molecular complexity index is 379. The van der Waals surface area contributed by atoms with E-state index in [9.17, 15) is 13.6 Å². The summed E-state index contributed by atoms with van der Waals surface area (Å²) in [7, 11) is 0. The third-order valence-electron chi connectivity index (χ3n) is 1.82. The molecule has 5 heteroatoms. The monoisotopic (exact) mass is 230 g/mol. The smallest absolute Gasteiger partial charge is 0.347 e. The molecule has 0 saturated heterocycles. The molecule has 0 aliphatic carbocycles. The molecule has 1 aromatic rings. The molecule has 0 aromatic heterocycles. The summed E-state index contributed by atoms with van der Waals surface area (Å²) in [5, 5.41) is 0. The van der Waals surface area contributed by atoms with Gasteiger partial charge >= 0.3 is 5.97 Å². The van der Waals surface area contributed by atoms with Crippen LogP contribution in [0.15, 0.2) is 18.2 Å². The summed E-state index contributed by atoms with van der Waals surface area (Å²) < 4.78 is 35.2. The van der Waals surface area contributed by atoms with E-state index >= 15 is 0 Å². The summed E-state index contributed by atoms with van der Waals surface area (Å²) in [5.74, 6) is -2.45. The third kappa shape index (κ3) is 3.18. The van der Waals surface area contributed by atoms with Crippen LogP contribution in [0.4, 0.5) is 8.78 Å². The SMILES string of the molecule is CCOC(=O)C(C)Oc1ccc(F)c(F)c1. The van der Waals surface area contributed by atoms with Crippen LogP contribution in [0.1, 0.15) is 13.8 Å². The van der Waals surface area contributed by atoms with E-state index in [4.69, 9.17) is 9.47 Å². The van der Waals surface area contributed by atoms with Gasteiger partial charge < -0.3 is 9.47 Å². The van der Waals surface area contributed by atoms with Crippen molar-refractivity contribution in [1.82, 2.24) is 0 Å². The van der Waals surface area contributed by atoms with Crippen LogP contribution in [-0.2, 0) is 9.53 Å². The maximum absolute atomic E-state index is 12.8. The van der Waals surface area contributed by atoms with Gasteiger partial charge in [0.05, 0.1) is 6.61 Å². The van der Waals surface area contributed by atoms with Gasteiger partial charge in [0.25, 0.3) is 0 Å². The fourth-order valence-corrected chi connectivity index (χ4v) is 1.06. The Labute approximate surface area is 92.0 Å². The molecule has 0 aliphatic heterocycles. The number of ether oxygens (including phenoxy) is 2. The third-order valence-corrected chi connectivity index (χ3v) is 1.82. The summed E-state index contributed by atoms with van der Waals surface area (Å²) in [6, 6.07) is 3.06. The van der Waals surface area contributed by atoms with Crippen molar-refractivity contribution in [3.8, 4) is 5.75 Å². The Hall–Kier alpha value is -1.65. The molecule has 1 atom stereocenters. The Morgan fingerprint density at radius 3 is 2.62 bits per heavy atom. The molecule has 0 fully saturated rings. The first kappa shape index (κ1) is 12.4. The minimum Gasteiger partial charge on any atom is -0.479 e. The summed E-state index contributed by atoms with van der Waals surface area (Å²) in [4.78, 5) is 11.2. The number of rotatable bonds is 4. The molecule has 1 aromatic carbocycles. The standard InChI is InChI=1S/C11H12F2O3/c1-3-15-11(14)7(2)16-8-4-5-9(12)10(13)6-8/h4-7H,3H2,1-2H3. The van der Waals surface area contributed by atoms with Crippen molar-refractivity contribution in [2.75, 3.05) is 6.61 Å². The quantitative estimate of drug-likeness (QED) is 0.744. The van der Waals surface area contributed by atoms with Crippen molar-refractivity contribution in [2.24, 2.45) is 0 Å². The average molecular weight is 230 g/mol. The molecule has 1 unspecified atom stereocenters. The van der Waals surface area contributed by atoms with Gasteiger partial charge in [-0.3, -0.25) is 0 Å². The predicted molar refractivity (Wildman–Crippen MR) is 53.1 cm³/mol. The second kappa shape index (κ2) is 5.44. The molecule has 16 heavy (non-hydrogen) atoms. The highest BCUT2D eigenvalue weighted by molar-refractivity contribution is 5.74. The highest BCUT2D eigenvalue weighted by atomic mass is 19.2. The van der Waals surface area contributed by atoms with Crippen molar-refractivity contribution in [1.29, 1.82) is 0 Å². The highest BCUT2D eigenvalue weighted by Gasteiger charge is 2.16. The van der Waals surface area contributed by atoms with Crippen LogP contribution in [0.3, 0.4) is 0 Å². The van der Waals surface area contributed by atoms with E-state index in [1.165, 1.54) is 13.0 Å². The minimum absolute atomic E-state index is 0.0828. The second-order valence-electron chi connectivity index (χ2n) is 3.09. The minimum atomic E-state index is -1.02. The van der Waals surface area contributed by atoms with E-state index in [0.717, 1.165) is 12.1 Å². The van der Waals surface area contributed by atoms with Crippen LogP contribution in [0.5, 0.6) is 5.75 Å². The first-order chi connectivity index (χ1) is 7.54. The van der Waals surface area contributed by atoms with Crippen LogP contribution in [0.2, 0.25) is 0 Å². The Morgan fingerprint density at radius 1 is 1.38 bits per heavy atom. The first-order valence-corrected chi connectivity index (χ1v) is 4.83. The van der Waals surface area contributed by atoms with Crippen molar-refractivity contribution >= 4 is 5.97 Å². The number of benzene rings is 1. The van der Waals surface area contributed by atoms with E-state index in [-0.39, 0.29) is 12.4 Å². The number of halogens is 2. The molecule has 0 bridgehead atoms. The number of hydrogen-bond acceptors (Lipinski definition) is 3. The Morgan fingerprint density at radius 2 is 2.06 bits per heavy atom. The Kier molecular flexibility index (Phi) is 4.22. The molecule has 1 rings (SSSR count). The van der Waals surface area contributed by atoms with Gasteiger partial charge in [0.2, 0.25) is 0 Å². The van der Waals surface area contributed by atoms with Gasteiger partial charge in [-0.15, -0.1) is 0 Å². The fourth-order valence-electron chi connectivity index (χ4n) is 1.06. The van der Waals surface area contributed by atoms with Crippen molar-refractivity contribution in [2.45, 2.75) is 20.0 Å². The van der Waals surface area contributed by atoms with Crippen LogP contribution < -0.4 is 4.74 Å². The van der Waals surface area contributed by atoms with Gasteiger partial charge in [-0.25, -0.2) is 13.6 Å². The zero-order valence-corrected chi connectivity index (χ0v) is 9.00. The van der Waals surface area contributed by atoms with Crippen LogP contribution in [-0.4, -0.2) is 18.7 Å². The summed E-state index contributed by atoms with van der Waals surface area (Å²) in [6.45, 7) is 3.38. The van der Waals surface area contributed by atoms with Gasteiger partial charge in [-0.1, -0.05) is 0 Å². The molecule has 0 aliphatic rings. The lowest BCUT2D eigenvalue weighted by molar-refractivity contribution is -0.150. The number of carbonyl (C=O) groups is 1. The lowest BCUT2D eigenvalue weighted by Gasteiger charge is -2.13. The Balaban J connectivity index is 2.66. The van der Waals surface area contributed by atoms with Gasteiger partial charge in [0.15, 0.2) is 17.7 Å². The molecule has 0 spiro atoms. The van der Waals surface area contributed by atoms with E-state index < -0.39 is 23.7 Å². The molecule has 88 valence electrons. The summed E-state index contributed by atoms with van der Waals surface area (Å²) >= 11 is 0. The highest BCUT2D eigenvalue weighted by Crippen LogP contribution is 2.16. The largest absolute Gasteiger partial charge is 0.479 e. The molecule has 0 N–H and O–H groups in total. The molecule has 0 saturated carbocycles. The molecule has 0 heterocycles. The van der Waals surface area contributed by atoms with E-state index in [0.29, 0.717) is 0 Å². The number of carbonyl (C=O) groups excluding carboxylic acids is 1. The number of esters is 1. The maximum Gasteiger partial charge on any atom is 0.347 e. The van der Waals surface area contributed by atoms with E-state index in [2.05, 4.69) is 0 Å². The van der Waals surface area contributed by atoms with Gasteiger partial charge in [0, 0.05) is 6.07 Å². The number of hydrogen-bond donors (Lipinski definition) is 0. The van der Waals surface area contributed by atoms with Gasteiger partial charge in [0.1, 0.15) is 5.75 Å². The lowest BCUT2D eigenvalue weighted by Crippen LogP contribution is -2.26. The topological polar surface area (TPSA) is 35.5 Å². The summed E-state index contributed by atoms with van der Waals surface area (Å²) in [6.07, 6.45) is -0.857. The molecule has 0 amide bonds. The van der Waals surface area contributed by atoms with E-state index in [1.54, 1.807) is 6.92 Å². The van der Waals surface area contributed by atoms with Crippen molar-refractivity contribution in [3.05, 3.63) is 29.8 Å². The summed E-state index contributed by atoms with van der Waals surface area (Å²) in [5.41, 5.74) is 0. The second-order valence-corrected chi connectivity index (χ2v) is 3.09. The van der Waals surface area contributed by atoms with Crippen LogP contribution in [0.25, 0.3) is 0 Å². The van der Waals surface area contributed by atoms with E-state index in [1.807, 2.05) is 0 Å². The fraction of sp³-hybridized carbons (Fsp3) is 0.364. The first-order valence-electron chi connectivity index (χ1n) is 4.83. The van der Waals surface area contributed by atoms with Gasteiger partial charge in [-0.05, 0) is 26.0 Å². The van der Waals surface area contributed by atoms with Crippen LogP contribution >= 0.6 is 0 Å². The normalized spacial score (nSPS) is 12.0.